The van der Waals surface area contributed by atoms with E-state index in [0.717, 1.165) is 0 Å². The molecule has 1 fully saturated rings. The molecule has 1 aliphatic rings. The quantitative estimate of drug-likeness (QED) is 0.193. The molecular weight excluding hydrogens is 494 g/mol. The summed E-state index contributed by atoms with van der Waals surface area (Å²) in [4.78, 5) is 28.8. The first-order valence-electron chi connectivity index (χ1n) is 11.7. The van der Waals surface area contributed by atoms with Crippen molar-refractivity contribution in [2.75, 3.05) is 13.7 Å². The van der Waals surface area contributed by atoms with E-state index in [1.54, 1.807) is 84.9 Å². The maximum Gasteiger partial charge on any atom is 0.338 e. The Labute approximate surface area is 218 Å². The molecule has 3 aromatic rings. The highest BCUT2D eigenvalue weighted by molar-refractivity contribution is 5.90. The van der Waals surface area contributed by atoms with E-state index in [1.807, 2.05) is 0 Å². The minimum absolute atomic E-state index is 0.222. The lowest BCUT2D eigenvalue weighted by molar-refractivity contribution is -0.238. The van der Waals surface area contributed by atoms with E-state index in [4.69, 9.17) is 23.7 Å². The van der Waals surface area contributed by atoms with E-state index in [-0.39, 0.29) is 11.1 Å². The zero-order valence-corrected chi connectivity index (χ0v) is 20.3. The van der Waals surface area contributed by atoms with Crippen LogP contribution in [0.4, 0.5) is 0 Å². The van der Waals surface area contributed by atoms with Crippen molar-refractivity contribution in [2.24, 2.45) is 5.11 Å². The van der Waals surface area contributed by atoms with Gasteiger partial charge >= 0.3 is 11.9 Å². The lowest BCUT2D eigenvalue weighted by Gasteiger charge is -2.43. The number of methoxy groups -OCH3 is 1. The molecule has 4 rings (SSSR count). The molecule has 0 bridgehead atoms. The number of carbonyl (C=O) groups excluding carboxylic acids is 2. The van der Waals surface area contributed by atoms with Crippen LogP contribution in [-0.2, 0) is 14.2 Å². The molecule has 0 unspecified atom stereocenters. The van der Waals surface area contributed by atoms with Crippen LogP contribution >= 0.6 is 0 Å². The van der Waals surface area contributed by atoms with Crippen LogP contribution in [0.15, 0.2) is 90.0 Å². The molecule has 0 saturated carbocycles. The lowest BCUT2D eigenvalue weighted by atomic mass is 9.96. The summed E-state index contributed by atoms with van der Waals surface area (Å²) in [5.41, 5.74) is 9.79. The molecule has 0 spiro atoms. The summed E-state index contributed by atoms with van der Waals surface area (Å²) in [6.45, 7) is -0.614. The van der Waals surface area contributed by atoms with E-state index in [1.165, 1.54) is 7.11 Å². The maximum absolute atomic E-state index is 13.0. The number of benzene rings is 3. The summed E-state index contributed by atoms with van der Waals surface area (Å²) < 4.78 is 28.4. The molecule has 1 aliphatic heterocycles. The number of rotatable bonds is 9. The van der Waals surface area contributed by atoms with Crippen molar-refractivity contribution in [3.05, 3.63) is 106 Å². The van der Waals surface area contributed by atoms with E-state index in [0.29, 0.717) is 11.5 Å². The standard InChI is InChI=1S/C27H25N3O8/c1-34-19-12-14-20(15-13-19)35-27-22(29-30-28)24(38-26(33)18-10-6-3-7-11-18)23(21(16-31)36-27)37-25(32)17-8-4-2-5-9-17/h2-15,21-24,27,31H,16H2,1H3/t21-,22-,23-,24-,27+/m1/s1. The molecule has 196 valence electrons. The number of hydrogen-bond donors (Lipinski definition) is 1. The van der Waals surface area contributed by atoms with Crippen LogP contribution in [0, 0.1) is 0 Å². The second-order valence-electron chi connectivity index (χ2n) is 8.19. The minimum Gasteiger partial charge on any atom is -0.497 e. The summed E-state index contributed by atoms with van der Waals surface area (Å²) in [6.07, 6.45) is -5.16. The number of aliphatic hydroxyl groups is 1. The third-order valence-corrected chi connectivity index (χ3v) is 5.80. The van der Waals surface area contributed by atoms with E-state index >= 15 is 0 Å². The number of esters is 2. The van der Waals surface area contributed by atoms with Gasteiger partial charge in [0, 0.05) is 4.91 Å². The highest BCUT2D eigenvalue weighted by atomic mass is 16.7. The third kappa shape index (κ3) is 6.22. The Morgan fingerprint density at radius 3 is 1.89 bits per heavy atom. The molecule has 5 atom stereocenters. The minimum atomic E-state index is -1.36. The second kappa shape index (κ2) is 12.6. The maximum atomic E-state index is 13.0. The van der Waals surface area contributed by atoms with E-state index in [9.17, 15) is 20.2 Å². The molecule has 0 aliphatic carbocycles. The van der Waals surface area contributed by atoms with Gasteiger partial charge in [0.2, 0.25) is 6.29 Å². The first kappa shape index (κ1) is 26.5. The highest BCUT2D eigenvalue weighted by Crippen LogP contribution is 2.32. The summed E-state index contributed by atoms with van der Waals surface area (Å²) in [5.74, 6) is -0.577. The van der Waals surface area contributed by atoms with E-state index in [2.05, 4.69) is 10.0 Å². The number of carbonyl (C=O) groups is 2. The molecule has 11 heteroatoms. The summed E-state index contributed by atoms with van der Waals surface area (Å²) in [6, 6.07) is 21.5. The van der Waals surface area contributed by atoms with Crippen LogP contribution < -0.4 is 9.47 Å². The van der Waals surface area contributed by atoms with Crippen molar-refractivity contribution >= 4 is 11.9 Å². The van der Waals surface area contributed by atoms with Gasteiger partial charge in [-0.2, -0.15) is 0 Å². The molecule has 0 aromatic heterocycles. The van der Waals surface area contributed by atoms with Crippen molar-refractivity contribution in [3.63, 3.8) is 0 Å². The molecule has 38 heavy (non-hydrogen) atoms. The Morgan fingerprint density at radius 2 is 1.39 bits per heavy atom. The molecule has 3 aromatic carbocycles. The topological polar surface area (TPSA) is 149 Å². The Kier molecular flexibility index (Phi) is 8.78. The van der Waals surface area contributed by atoms with Crippen molar-refractivity contribution in [1.82, 2.24) is 0 Å². The Balaban J connectivity index is 1.68. The van der Waals surface area contributed by atoms with Crippen molar-refractivity contribution in [1.29, 1.82) is 0 Å². The summed E-state index contributed by atoms with van der Waals surface area (Å²) in [7, 11) is 1.52. The van der Waals surface area contributed by atoms with Gasteiger partial charge in [0.25, 0.3) is 0 Å². The lowest BCUT2D eigenvalue weighted by Crippen LogP contribution is -2.61. The van der Waals surface area contributed by atoms with Gasteiger partial charge in [-0.1, -0.05) is 41.5 Å². The summed E-state index contributed by atoms with van der Waals surface area (Å²) in [5, 5.41) is 13.9. The SMILES string of the molecule is COc1ccc(O[C@H]2O[C@H](CO)[C@@H](OC(=O)c3ccccc3)[C@H](OC(=O)c3ccccc3)[C@H]2N=[N+]=[N-])cc1. The number of hydrogen-bond acceptors (Lipinski definition) is 9. The normalized spacial score (nSPS) is 22.4. The number of azide groups is 1. The van der Waals surface area contributed by atoms with Crippen molar-refractivity contribution in [3.8, 4) is 11.5 Å². The van der Waals surface area contributed by atoms with Gasteiger partial charge in [-0.15, -0.1) is 0 Å². The van der Waals surface area contributed by atoms with Crippen LogP contribution in [0.5, 0.6) is 11.5 Å². The van der Waals surface area contributed by atoms with Gasteiger partial charge in [0.1, 0.15) is 23.6 Å². The second-order valence-corrected chi connectivity index (χ2v) is 8.19. The van der Waals surface area contributed by atoms with Crippen molar-refractivity contribution in [2.45, 2.75) is 30.6 Å². The van der Waals surface area contributed by atoms with Crippen LogP contribution in [0.1, 0.15) is 20.7 Å². The average molecular weight is 520 g/mol. The molecular formula is C27H25N3O8. The number of aliphatic hydroxyl groups excluding tert-OH is 1. The van der Waals surface area contributed by atoms with Gasteiger partial charge in [0.05, 0.1) is 24.8 Å². The Hall–Kier alpha value is -4.57. The Morgan fingerprint density at radius 1 is 0.868 bits per heavy atom. The largest absolute Gasteiger partial charge is 0.497 e. The fourth-order valence-electron chi connectivity index (χ4n) is 3.92. The molecule has 0 radical (unpaired) electrons. The number of nitrogens with zero attached hydrogens (tertiary/aromatic N) is 3. The Bertz CT molecular complexity index is 1270. The average Bonchev–Trinajstić information content (AvgIpc) is 2.97. The van der Waals surface area contributed by atoms with Crippen LogP contribution in [0.2, 0.25) is 0 Å². The highest BCUT2D eigenvalue weighted by Gasteiger charge is 2.51. The molecule has 1 heterocycles. The van der Waals surface area contributed by atoms with Gasteiger partial charge < -0.3 is 28.8 Å². The molecule has 1 N–H and O–H groups in total. The summed E-state index contributed by atoms with van der Waals surface area (Å²) >= 11 is 0. The van der Waals surface area contributed by atoms with Gasteiger partial charge in [-0.3, -0.25) is 0 Å². The smallest absolute Gasteiger partial charge is 0.338 e. The van der Waals surface area contributed by atoms with Crippen LogP contribution in [-0.4, -0.2) is 61.4 Å². The first-order chi connectivity index (χ1) is 18.5. The molecule has 11 nitrogen and oxygen atoms in total. The predicted octanol–water partition coefficient (Wildman–Crippen LogP) is 3.92. The molecule has 0 amide bonds. The van der Waals surface area contributed by atoms with Gasteiger partial charge in [-0.05, 0) is 54.1 Å². The third-order valence-electron chi connectivity index (χ3n) is 5.80. The van der Waals surface area contributed by atoms with Crippen LogP contribution in [0.25, 0.3) is 10.4 Å². The number of ether oxygens (including phenoxy) is 5. The molecule has 1 saturated heterocycles. The predicted molar refractivity (Wildman–Crippen MR) is 134 cm³/mol. The first-order valence-corrected chi connectivity index (χ1v) is 11.7. The van der Waals surface area contributed by atoms with Gasteiger partial charge in [-0.25, -0.2) is 9.59 Å². The zero-order valence-electron chi connectivity index (χ0n) is 20.3. The van der Waals surface area contributed by atoms with Crippen molar-refractivity contribution < 1.29 is 38.4 Å². The fraction of sp³-hybridized carbons (Fsp3) is 0.259. The van der Waals surface area contributed by atoms with Gasteiger partial charge in [0.15, 0.2) is 12.2 Å². The fourth-order valence-corrected chi connectivity index (χ4v) is 3.92. The monoisotopic (exact) mass is 519 g/mol. The zero-order chi connectivity index (χ0) is 26.9. The van der Waals surface area contributed by atoms with Crippen LogP contribution in [0.3, 0.4) is 0 Å². The van der Waals surface area contributed by atoms with E-state index < -0.39 is 49.2 Å².